The number of likely N-dealkylation sites (tertiary alicyclic amines) is 1. The molecule has 5 nitrogen and oxygen atoms in total. The first-order chi connectivity index (χ1) is 9.54. The van der Waals surface area contributed by atoms with E-state index in [1.165, 1.54) is 12.8 Å². The molecule has 5 heteroatoms. The maximum absolute atomic E-state index is 11.7. The lowest BCUT2D eigenvalue weighted by Gasteiger charge is -2.38. The van der Waals surface area contributed by atoms with Gasteiger partial charge in [-0.05, 0) is 44.2 Å². The van der Waals surface area contributed by atoms with E-state index >= 15 is 0 Å². The van der Waals surface area contributed by atoms with Crippen LogP contribution in [0.4, 0.5) is 4.79 Å². The van der Waals surface area contributed by atoms with E-state index in [-0.39, 0.29) is 12.6 Å². The Morgan fingerprint density at radius 1 is 1.30 bits per heavy atom. The van der Waals surface area contributed by atoms with Gasteiger partial charge in [-0.3, -0.25) is 4.90 Å². The van der Waals surface area contributed by atoms with Crippen LogP contribution in [0.3, 0.4) is 0 Å². The normalized spacial score (nSPS) is 19.1. The van der Waals surface area contributed by atoms with Gasteiger partial charge >= 0.3 is 6.03 Å². The van der Waals surface area contributed by atoms with Gasteiger partial charge in [0.25, 0.3) is 0 Å². The molecule has 0 bridgehead atoms. The van der Waals surface area contributed by atoms with Crippen LogP contribution in [0.25, 0.3) is 0 Å². The van der Waals surface area contributed by atoms with Crippen LogP contribution in [-0.2, 0) is 0 Å². The molecule has 118 valence electrons. The van der Waals surface area contributed by atoms with E-state index < -0.39 is 0 Å². The summed E-state index contributed by atoms with van der Waals surface area (Å²) in [6.07, 6.45) is 3.11. The number of nitrogens with zero attached hydrogens (tertiary/aromatic N) is 1. The molecular formula is C15H31N3O2. The van der Waals surface area contributed by atoms with Crippen molar-refractivity contribution in [1.82, 2.24) is 15.5 Å². The molecule has 3 N–H and O–H groups in total. The molecule has 2 amide bonds. The van der Waals surface area contributed by atoms with E-state index in [4.69, 9.17) is 5.11 Å². The largest absolute Gasteiger partial charge is 0.396 e. The standard InChI is InChI=1S/C15H31N3O2/c1-12(2)14(18-8-5-13(3)6-9-18)11-17-15(20)16-7-4-10-19/h12-14,19H,4-11H2,1-3H3,(H2,16,17,20). The number of rotatable bonds is 7. The summed E-state index contributed by atoms with van der Waals surface area (Å²) in [7, 11) is 0. The third kappa shape index (κ3) is 6.09. The molecule has 0 spiro atoms. The van der Waals surface area contributed by atoms with Crippen LogP contribution in [0.1, 0.15) is 40.0 Å². The van der Waals surface area contributed by atoms with Crippen molar-refractivity contribution in [1.29, 1.82) is 0 Å². The molecule has 1 aliphatic rings. The second kappa shape index (κ2) is 9.19. The Morgan fingerprint density at radius 2 is 1.95 bits per heavy atom. The monoisotopic (exact) mass is 285 g/mol. The van der Waals surface area contributed by atoms with Crippen molar-refractivity contribution in [3.63, 3.8) is 0 Å². The zero-order chi connectivity index (χ0) is 15.0. The van der Waals surface area contributed by atoms with Gasteiger partial charge in [0.1, 0.15) is 0 Å². The average molecular weight is 285 g/mol. The minimum atomic E-state index is -0.130. The molecular weight excluding hydrogens is 254 g/mol. The van der Waals surface area contributed by atoms with Crippen LogP contribution in [0.2, 0.25) is 0 Å². The summed E-state index contributed by atoms with van der Waals surface area (Å²) in [6, 6.07) is 0.278. The number of aliphatic hydroxyl groups excluding tert-OH is 1. The van der Waals surface area contributed by atoms with Gasteiger partial charge in [0, 0.05) is 25.7 Å². The smallest absolute Gasteiger partial charge is 0.314 e. The van der Waals surface area contributed by atoms with Gasteiger partial charge in [-0.15, -0.1) is 0 Å². The molecule has 1 atom stereocenters. The highest BCUT2D eigenvalue weighted by atomic mass is 16.3. The van der Waals surface area contributed by atoms with E-state index in [0.717, 1.165) is 19.0 Å². The second-order valence-corrected chi connectivity index (χ2v) is 6.24. The molecule has 0 aliphatic carbocycles. The first-order valence-electron chi connectivity index (χ1n) is 7.91. The average Bonchev–Trinajstić information content (AvgIpc) is 2.41. The zero-order valence-electron chi connectivity index (χ0n) is 13.2. The fraction of sp³-hybridized carbons (Fsp3) is 0.933. The van der Waals surface area contributed by atoms with Crippen molar-refractivity contribution in [3.05, 3.63) is 0 Å². The quantitative estimate of drug-likeness (QED) is 0.620. The van der Waals surface area contributed by atoms with E-state index in [2.05, 4.69) is 36.3 Å². The third-order valence-electron chi connectivity index (χ3n) is 4.15. The minimum Gasteiger partial charge on any atom is -0.396 e. The number of urea groups is 1. The van der Waals surface area contributed by atoms with Crippen LogP contribution in [0.15, 0.2) is 0 Å². The van der Waals surface area contributed by atoms with Gasteiger partial charge in [0.2, 0.25) is 0 Å². The van der Waals surface area contributed by atoms with Crippen LogP contribution in [0, 0.1) is 11.8 Å². The van der Waals surface area contributed by atoms with Crippen molar-refractivity contribution >= 4 is 6.03 Å². The van der Waals surface area contributed by atoms with Crippen molar-refractivity contribution in [2.45, 2.75) is 46.1 Å². The molecule has 0 aromatic carbocycles. The SMILES string of the molecule is CC1CCN(C(CNC(=O)NCCCO)C(C)C)CC1. The van der Waals surface area contributed by atoms with E-state index in [0.29, 0.717) is 31.5 Å². The van der Waals surface area contributed by atoms with Gasteiger partial charge in [0.15, 0.2) is 0 Å². The third-order valence-corrected chi connectivity index (χ3v) is 4.15. The maximum atomic E-state index is 11.7. The summed E-state index contributed by atoms with van der Waals surface area (Å²) in [4.78, 5) is 14.2. The molecule has 1 saturated heterocycles. The van der Waals surface area contributed by atoms with E-state index in [1.54, 1.807) is 0 Å². The summed E-state index contributed by atoms with van der Waals surface area (Å²) in [5, 5.41) is 14.4. The van der Waals surface area contributed by atoms with Gasteiger partial charge < -0.3 is 15.7 Å². The number of nitrogens with one attached hydrogen (secondary N) is 2. The lowest BCUT2D eigenvalue weighted by Crippen LogP contribution is -2.51. The predicted molar refractivity (Wildman–Crippen MR) is 81.7 cm³/mol. The lowest BCUT2D eigenvalue weighted by molar-refractivity contribution is 0.108. The summed E-state index contributed by atoms with van der Waals surface area (Å²) in [5.74, 6) is 1.36. The molecule has 1 aliphatic heterocycles. The Hall–Kier alpha value is -0.810. The maximum Gasteiger partial charge on any atom is 0.314 e. The molecule has 0 aromatic heterocycles. The first-order valence-corrected chi connectivity index (χ1v) is 7.91. The number of amides is 2. The first kappa shape index (κ1) is 17.2. The Kier molecular flexibility index (Phi) is 7.92. The van der Waals surface area contributed by atoms with Crippen molar-refractivity contribution in [2.24, 2.45) is 11.8 Å². The predicted octanol–water partition coefficient (Wildman–Crippen LogP) is 1.42. The molecule has 0 saturated carbocycles. The van der Waals surface area contributed by atoms with Crippen molar-refractivity contribution < 1.29 is 9.90 Å². The van der Waals surface area contributed by atoms with Gasteiger partial charge in [-0.2, -0.15) is 0 Å². The number of aliphatic hydroxyl groups is 1. The highest BCUT2D eigenvalue weighted by Gasteiger charge is 2.25. The minimum absolute atomic E-state index is 0.112. The highest BCUT2D eigenvalue weighted by Crippen LogP contribution is 2.20. The number of hydrogen-bond acceptors (Lipinski definition) is 3. The van der Waals surface area contributed by atoms with Crippen LogP contribution < -0.4 is 10.6 Å². The van der Waals surface area contributed by atoms with E-state index in [1.807, 2.05) is 0 Å². The Morgan fingerprint density at radius 3 is 2.50 bits per heavy atom. The van der Waals surface area contributed by atoms with Gasteiger partial charge in [-0.25, -0.2) is 4.79 Å². The zero-order valence-corrected chi connectivity index (χ0v) is 13.2. The highest BCUT2D eigenvalue weighted by molar-refractivity contribution is 5.73. The summed E-state index contributed by atoms with van der Waals surface area (Å²) >= 11 is 0. The molecule has 20 heavy (non-hydrogen) atoms. The topological polar surface area (TPSA) is 64.6 Å². The fourth-order valence-corrected chi connectivity index (χ4v) is 2.69. The lowest BCUT2D eigenvalue weighted by atomic mass is 9.94. The molecule has 0 radical (unpaired) electrons. The van der Waals surface area contributed by atoms with E-state index in [9.17, 15) is 4.79 Å². The molecule has 1 rings (SSSR count). The Balaban J connectivity index is 2.33. The summed E-state index contributed by atoms with van der Waals surface area (Å²) < 4.78 is 0. The van der Waals surface area contributed by atoms with Crippen LogP contribution in [0.5, 0.6) is 0 Å². The fourth-order valence-electron chi connectivity index (χ4n) is 2.69. The Bertz CT molecular complexity index is 276. The Labute approximate surface area is 123 Å². The molecule has 0 aromatic rings. The number of carbonyl (C=O) groups excluding carboxylic acids is 1. The van der Waals surface area contributed by atoms with Crippen LogP contribution in [-0.4, -0.2) is 54.9 Å². The number of hydrogen-bond donors (Lipinski definition) is 3. The molecule has 1 fully saturated rings. The molecule has 1 heterocycles. The molecule has 1 unspecified atom stereocenters. The summed E-state index contributed by atoms with van der Waals surface area (Å²) in [5.41, 5.74) is 0. The van der Waals surface area contributed by atoms with Crippen molar-refractivity contribution in [3.8, 4) is 0 Å². The second-order valence-electron chi connectivity index (χ2n) is 6.24. The van der Waals surface area contributed by atoms with Gasteiger partial charge in [-0.1, -0.05) is 20.8 Å². The van der Waals surface area contributed by atoms with Crippen molar-refractivity contribution in [2.75, 3.05) is 32.8 Å². The number of carbonyl (C=O) groups is 1. The van der Waals surface area contributed by atoms with Gasteiger partial charge in [0.05, 0.1) is 0 Å². The summed E-state index contributed by atoms with van der Waals surface area (Å²) in [6.45, 7) is 10.3. The number of piperidine rings is 1. The van der Waals surface area contributed by atoms with Crippen LogP contribution >= 0.6 is 0 Å².